The van der Waals surface area contributed by atoms with Crippen LogP contribution in [0.3, 0.4) is 0 Å². The molecule has 0 aliphatic heterocycles. The number of aromatic nitrogens is 1. The van der Waals surface area contributed by atoms with Crippen LogP contribution in [-0.4, -0.2) is 4.98 Å². The van der Waals surface area contributed by atoms with E-state index >= 15 is 0 Å². The SMILES string of the molecule is O=c1cc(-c2ccccc2)[nH]c(=O)o1. The fourth-order valence-electron chi connectivity index (χ4n) is 1.18. The van der Waals surface area contributed by atoms with E-state index < -0.39 is 11.4 Å². The van der Waals surface area contributed by atoms with Gasteiger partial charge >= 0.3 is 11.4 Å². The quantitative estimate of drug-likeness (QED) is 0.727. The molecule has 2 aromatic rings. The first kappa shape index (κ1) is 8.50. The topological polar surface area (TPSA) is 63.1 Å². The average molecular weight is 189 g/mol. The minimum Gasteiger partial charge on any atom is -0.373 e. The van der Waals surface area contributed by atoms with Gasteiger partial charge in [-0.25, -0.2) is 9.59 Å². The zero-order valence-corrected chi connectivity index (χ0v) is 7.19. The van der Waals surface area contributed by atoms with Crippen LogP contribution in [0.4, 0.5) is 0 Å². The number of H-pyrrole nitrogens is 1. The van der Waals surface area contributed by atoms with Crippen LogP contribution in [0.2, 0.25) is 0 Å². The Morgan fingerprint density at radius 3 is 2.43 bits per heavy atom. The summed E-state index contributed by atoms with van der Waals surface area (Å²) in [6.07, 6.45) is 0. The van der Waals surface area contributed by atoms with Gasteiger partial charge in [0, 0.05) is 6.07 Å². The van der Waals surface area contributed by atoms with Crippen molar-refractivity contribution >= 4 is 0 Å². The van der Waals surface area contributed by atoms with Gasteiger partial charge in [-0.15, -0.1) is 0 Å². The van der Waals surface area contributed by atoms with Gasteiger partial charge in [0.25, 0.3) is 0 Å². The fourth-order valence-corrected chi connectivity index (χ4v) is 1.18. The molecule has 2 rings (SSSR count). The number of hydrogen-bond donors (Lipinski definition) is 1. The summed E-state index contributed by atoms with van der Waals surface area (Å²) >= 11 is 0. The fraction of sp³-hybridized carbons (Fsp3) is 0. The van der Waals surface area contributed by atoms with E-state index in [1.807, 2.05) is 18.2 Å². The molecule has 70 valence electrons. The zero-order chi connectivity index (χ0) is 9.97. The first-order valence-corrected chi connectivity index (χ1v) is 4.05. The van der Waals surface area contributed by atoms with Gasteiger partial charge in [-0.1, -0.05) is 30.3 Å². The van der Waals surface area contributed by atoms with Crippen molar-refractivity contribution in [3.8, 4) is 11.3 Å². The van der Waals surface area contributed by atoms with Crippen LogP contribution >= 0.6 is 0 Å². The predicted octanol–water partition coefficient (Wildman–Crippen LogP) is 0.995. The minimum atomic E-state index is -0.739. The van der Waals surface area contributed by atoms with Crippen molar-refractivity contribution in [3.05, 3.63) is 57.4 Å². The van der Waals surface area contributed by atoms with Gasteiger partial charge in [0.15, 0.2) is 0 Å². The molecule has 4 nitrogen and oxygen atoms in total. The van der Waals surface area contributed by atoms with Gasteiger partial charge in [0.05, 0.1) is 5.69 Å². The van der Waals surface area contributed by atoms with E-state index in [1.54, 1.807) is 12.1 Å². The summed E-state index contributed by atoms with van der Waals surface area (Å²) in [5.74, 6) is -0.739. The van der Waals surface area contributed by atoms with E-state index in [0.717, 1.165) is 5.56 Å². The molecule has 0 radical (unpaired) electrons. The van der Waals surface area contributed by atoms with Crippen molar-refractivity contribution in [1.82, 2.24) is 4.98 Å². The van der Waals surface area contributed by atoms with Crippen LogP contribution in [0.25, 0.3) is 11.3 Å². The molecule has 0 spiro atoms. The van der Waals surface area contributed by atoms with E-state index in [2.05, 4.69) is 9.40 Å². The smallest absolute Gasteiger partial charge is 0.373 e. The average Bonchev–Trinajstić information content (AvgIpc) is 2.18. The molecular formula is C10H7NO3. The third-order valence-electron chi connectivity index (χ3n) is 1.78. The summed E-state index contributed by atoms with van der Waals surface area (Å²) in [5, 5.41) is 0. The first-order valence-electron chi connectivity index (χ1n) is 4.05. The lowest BCUT2D eigenvalue weighted by atomic mass is 10.1. The second-order valence-electron chi connectivity index (χ2n) is 2.76. The zero-order valence-electron chi connectivity index (χ0n) is 7.19. The second-order valence-corrected chi connectivity index (χ2v) is 2.76. The van der Waals surface area contributed by atoms with Crippen molar-refractivity contribution in [2.45, 2.75) is 0 Å². The highest BCUT2D eigenvalue weighted by molar-refractivity contribution is 5.57. The van der Waals surface area contributed by atoms with E-state index in [-0.39, 0.29) is 0 Å². The molecule has 0 saturated carbocycles. The molecule has 1 heterocycles. The van der Waals surface area contributed by atoms with Crippen LogP contribution < -0.4 is 11.4 Å². The molecule has 0 atom stereocenters. The molecular weight excluding hydrogens is 182 g/mol. The lowest BCUT2D eigenvalue weighted by Crippen LogP contribution is -2.14. The Bertz CT molecular complexity index is 511. The Labute approximate surface area is 78.8 Å². The van der Waals surface area contributed by atoms with Gasteiger partial charge in [-0.2, -0.15) is 0 Å². The second kappa shape index (κ2) is 3.33. The summed E-state index contributed by atoms with van der Waals surface area (Å²) in [6.45, 7) is 0. The van der Waals surface area contributed by atoms with Gasteiger partial charge < -0.3 is 4.42 Å². The summed E-state index contributed by atoms with van der Waals surface area (Å²) in [5.41, 5.74) is 0.594. The molecule has 1 N–H and O–H groups in total. The molecule has 1 aromatic heterocycles. The Hall–Kier alpha value is -2.10. The van der Waals surface area contributed by atoms with Crippen molar-refractivity contribution in [1.29, 1.82) is 0 Å². The Morgan fingerprint density at radius 2 is 1.79 bits per heavy atom. The predicted molar refractivity (Wildman–Crippen MR) is 51.0 cm³/mol. The summed E-state index contributed by atoms with van der Waals surface area (Å²) in [4.78, 5) is 24.2. The highest BCUT2D eigenvalue weighted by Gasteiger charge is 1.99. The number of benzene rings is 1. The lowest BCUT2D eigenvalue weighted by Gasteiger charge is -1.97. The number of hydrogen-bond acceptors (Lipinski definition) is 3. The van der Waals surface area contributed by atoms with Crippen LogP contribution in [0.1, 0.15) is 0 Å². The Balaban J connectivity index is 2.64. The van der Waals surface area contributed by atoms with E-state index in [0.29, 0.717) is 5.69 Å². The van der Waals surface area contributed by atoms with Crippen molar-refractivity contribution in [3.63, 3.8) is 0 Å². The normalized spacial score (nSPS) is 10.0. The number of nitrogens with one attached hydrogen (secondary N) is 1. The molecule has 0 amide bonds. The van der Waals surface area contributed by atoms with Crippen LogP contribution in [0, 0.1) is 0 Å². The molecule has 4 heteroatoms. The Kier molecular flexibility index (Phi) is 2.02. The largest absolute Gasteiger partial charge is 0.419 e. The summed E-state index contributed by atoms with van der Waals surface area (Å²) in [7, 11) is 0. The summed E-state index contributed by atoms with van der Waals surface area (Å²) in [6, 6.07) is 10.3. The van der Waals surface area contributed by atoms with Crippen molar-refractivity contribution < 1.29 is 4.42 Å². The van der Waals surface area contributed by atoms with Gasteiger partial charge in [-0.05, 0) is 5.56 Å². The number of rotatable bonds is 1. The maximum atomic E-state index is 10.9. The lowest BCUT2D eigenvalue weighted by molar-refractivity contribution is 0.451. The maximum Gasteiger partial charge on any atom is 0.419 e. The highest BCUT2D eigenvalue weighted by atomic mass is 16.4. The molecule has 1 aromatic carbocycles. The molecule has 0 aliphatic rings. The van der Waals surface area contributed by atoms with Crippen molar-refractivity contribution in [2.75, 3.05) is 0 Å². The molecule has 14 heavy (non-hydrogen) atoms. The van der Waals surface area contributed by atoms with Crippen LogP contribution in [0.5, 0.6) is 0 Å². The molecule has 0 saturated heterocycles. The summed E-state index contributed by atoms with van der Waals surface area (Å²) < 4.78 is 4.27. The van der Waals surface area contributed by atoms with Crippen molar-refractivity contribution in [2.24, 2.45) is 0 Å². The highest BCUT2D eigenvalue weighted by Crippen LogP contribution is 2.12. The number of aromatic amines is 1. The van der Waals surface area contributed by atoms with Gasteiger partial charge in [-0.3, -0.25) is 4.98 Å². The Morgan fingerprint density at radius 1 is 1.07 bits per heavy atom. The monoisotopic (exact) mass is 189 g/mol. The molecule has 0 aliphatic carbocycles. The molecule has 0 fully saturated rings. The maximum absolute atomic E-state index is 10.9. The van der Waals surface area contributed by atoms with Gasteiger partial charge in [0.2, 0.25) is 0 Å². The molecule has 0 unspecified atom stereocenters. The van der Waals surface area contributed by atoms with Crippen LogP contribution in [0.15, 0.2) is 50.4 Å². The minimum absolute atomic E-state index is 0.465. The van der Waals surface area contributed by atoms with Crippen LogP contribution in [-0.2, 0) is 0 Å². The molecule has 0 bridgehead atoms. The van der Waals surface area contributed by atoms with E-state index in [9.17, 15) is 9.59 Å². The first-order chi connectivity index (χ1) is 6.75. The van der Waals surface area contributed by atoms with E-state index in [4.69, 9.17) is 0 Å². The standard InChI is InChI=1S/C10H7NO3/c12-9-6-8(11-10(13)14-9)7-4-2-1-3-5-7/h1-6H,(H,11,13). The van der Waals surface area contributed by atoms with E-state index in [1.165, 1.54) is 6.07 Å². The van der Waals surface area contributed by atoms with Gasteiger partial charge in [0.1, 0.15) is 0 Å². The third-order valence-corrected chi connectivity index (χ3v) is 1.78. The third kappa shape index (κ3) is 1.64.